The number of Topliss-reactive ketones (excluding diaryl/α,β-unsaturated/α-hetero) is 1. The van der Waals surface area contributed by atoms with E-state index in [9.17, 15) is 14.4 Å². The van der Waals surface area contributed by atoms with Crippen LogP contribution < -0.4 is 10.6 Å². The molecule has 2 N–H and O–H groups in total. The number of nitrogens with one attached hydrogen (secondary N) is 2. The third kappa shape index (κ3) is 3.53. The van der Waals surface area contributed by atoms with E-state index in [0.717, 1.165) is 0 Å². The van der Waals surface area contributed by atoms with Gasteiger partial charge < -0.3 is 15.4 Å². The van der Waals surface area contributed by atoms with E-state index in [-0.39, 0.29) is 6.42 Å². The fourth-order valence-electron chi connectivity index (χ4n) is 0.857. The van der Waals surface area contributed by atoms with Gasteiger partial charge in [0.1, 0.15) is 0 Å². The van der Waals surface area contributed by atoms with E-state index in [1.165, 1.54) is 21.2 Å². The Bertz CT molecular complexity index is 239. The molecule has 0 spiro atoms. The molecule has 1 unspecified atom stereocenters. The van der Waals surface area contributed by atoms with E-state index >= 15 is 0 Å². The molecular formula is C8H14N2O4. The summed E-state index contributed by atoms with van der Waals surface area (Å²) in [6.45, 7) is 0. The highest BCUT2D eigenvalue weighted by atomic mass is 16.5. The Morgan fingerprint density at radius 1 is 1.29 bits per heavy atom. The number of carbonyl (C=O) groups is 3. The first kappa shape index (κ1) is 12.6. The van der Waals surface area contributed by atoms with Crippen LogP contribution in [0.4, 0.5) is 0 Å². The lowest BCUT2D eigenvalue weighted by molar-refractivity contribution is -0.144. The first-order valence-electron chi connectivity index (χ1n) is 4.06. The van der Waals surface area contributed by atoms with Crippen molar-refractivity contribution in [3.8, 4) is 0 Å². The lowest BCUT2D eigenvalue weighted by atomic mass is 10.1. The van der Waals surface area contributed by atoms with E-state index < -0.39 is 23.7 Å². The van der Waals surface area contributed by atoms with Crippen molar-refractivity contribution in [1.29, 1.82) is 0 Å². The van der Waals surface area contributed by atoms with Gasteiger partial charge in [-0.1, -0.05) is 0 Å². The summed E-state index contributed by atoms with van der Waals surface area (Å²) in [5.41, 5.74) is 0. The van der Waals surface area contributed by atoms with Crippen molar-refractivity contribution >= 4 is 17.7 Å². The summed E-state index contributed by atoms with van der Waals surface area (Å²) in [5.74, 6) is -1.95. The maximum Gasteiger partial charge on any atom is 0.307 e. The van der Waals surface area contributed by atoms with Gasteiger partial charge >= 0.3 is 5.97 Å². The molecule has 0 aromatic carbocycles. The Hall–Kier alpha value is -1.43. The molecular weight excluding hydrogens is 188 g/mol. The first-order valence-corrected chi connectivity index (χ1v) is 4.06. The van der Waals surface area contributed by atoms with Crippen molar-refractivity contribution in [2.75, 3.05) is 21.2 Å². The fraction of sp³-hybridized carbons (Fsp3) is 0.625. The summed E-state index contributed by atoms with van der Waals surface area (Å²) in [4.78, 5) is 33.1. The largest absolute Gasteiger partial charge is 0.469 e. The second-order valence-corrected chi connectivity index (χ2v) is 2.56. The summed E-state index contributed by atoms with van der Waals surface area (Å²) in [7, 11) is 4.07. The van der Waals surface area contributed by atoms with Crippen LogP contribution in [-0.2, 0) is 19.1 Å². The summed E-state index contributed by atoms with van der Waals surface area (Å²) < 4.78 is 4.38. The van der Waals surface area contributed by atoms with Gasteiger partial charge in [0, 0.05) is 7.05 Å². The number of amides is 1. The average molecular weight is 202 g/mol. The Balaban J connectivity index is 4.33. The molecule has 6 nitrogen and oxygen atoms in total. The lowest BCUT2D eigenvalue weighted by Gasteiger charge is -2.11. The minimum Gasteiger partial charge on any atom is -0.469 e. The van der Waals surface area contributed by atoms with Gasteiger partial charge in [0.25, 0.3) is 5.91 Å². The van der Waals surface area contributed by atoms with Crippen LogP contribution in [0, 0.1) is 0 Å². The molecule has 0 bridgehead atoms. The molecule has 6 heteroatoms. The van der Waals surface area contributed by atoms with Crippen LogP contribution in [0.1, 0.15) is 6.42 Å². The summed E-state index contributed by atoms with van der Waals surface area (Å²) in [6.07, 6.45) is -0.154. The molecule has 1 amide bonds. The van der Waals surface area contributed by atoms with Gasteiger partial charge in [-0.2, -0.15) is 0 Å². The van der Waals surface area contributed by atoms with Gasteiger partial charge in [-0.3, -0.25) is 14.4 Å². The van der Waals surface area contributed by atoms with Gasteiger partial charge in [-0.15, -0.1) is 0 Å². The zero-order valence-corrected chi connectivity index (χ0v) is 8.42. The zero-order valence-electron chi connectivity index (χ0n) is 8.42. The number of rotatable bonds is 5. The predicted molar refractivity (Wildman–Crippen MR) is 48.6 cm³/mol. The Morgan fingerprint density at radius 3 is 2.21 bits per heavy atom. The van der Waals surface area contributed by atoms with Crippen LogP contribution in [0.25, 0.3) is 0 Å². The van der Waals surface area contributed by atoms with Crippen LogP contribution in [0.2, 0.25) is 0 Å². The number of ketones is 1. The Kier molecular flexibility index (Phi) is 5.47. The molecule has 0 heterocycles. The first-order chi connectivity index (χ1) is 6.56. The van der Waals surface area contributed by atoms with Crippen LogP contribution >= 0.6 is 0 Å². The van der Waals surface area contributed by atoms with Crippen LogP contribution in [0.3, 0.4) is 0 Å². The van der Waals surface area contributed by atoms with E-state index in [0.29, 0.717) is 0 Å². The van der Waals surface area contributed by atoms with Crippen molar-refractivity contribution in [3.63, 3.8) is 0 Å². The second kappa shape index (κ2) is 6.09. The monoisotopic (exact) mass is 202 g/mol. The minimum absolute atomic E-state index is 0.154. The molecule has 0 aliphatic rings. The SMILES string of the molecule is CNC(=O)C(=O)C(CC(=O)OC)NC. The average Bonchev–Trinajstić information content (AvgIpc) is 2.23. The highest BCUT2D eigenvalue weighted by Gasteiger charge is 2.25. The molecule has 0 aromatic rings. The quantitative estimate of drug-likeness (QED) is 0.416. The van der Waals surface area contributed by atoms with Crippen LogP contribution in [0.15, 0.2) is 0 Å². The smallest absolute Gasteiger partial charge is 0.307 e. The number of ether oxygens (including phenoxy) is 1. The number of hydrogen-bond acceptors (Lipinski definition) is 5. The van der Waals surface area contributed by atoms with E-state index in [2.05, 4.69) is 15.4 Å². The third-order valence-corrected chi connectivity index (χ3v) is 1.71. The number of methoxy groups -OCH3 is 1. The summed E-state index contributed by atoms with van der Waals surface area (Å²) >= 11 is 0. The van der Waals surface area contributed by atoms with Gasteiger partial charge in [-0.25, -0.2) is 0 Å². The zero-order chi connectivity index (χ0) is 11.1. The molecule has 1 atom stereocenters. The molecule has 0 saturated heterocycles. The van der Waals surface area contributed by atoms with Crippen LogP contribution in [0.5, 0.6) is 0 Å². The molecule has 0 rings (SSSR count). The van der Waals surface area contributed by atoms with Gasteiger partial charge in [-0.05, 0) is 7.05 Å². The van der Waals surface area contributed by atoms with Crippen molar-refractivity contribution in [2.24, 2.45) is 0 Å². The number of hydrogen-bond donors (Lipinski definition) is 2. The highest BCUT2D eigenvalue weighted by Crippen LogP contribution is 1.95. The minimum atomic E-state index is -0.831. The van der Waals surface area contributed by atoms with Crippen molar-refractivity contribution in [2.45, 2.75) is 12.5 Å². The maximum atomic E-state index is 11.3. The lowest BCUT2D eigenvalue weighted by Crippen LogP contribution is -2.44. The number of likely N-dealkylation sites (N-methyl/N-ethyl adjacent to an activating group) is 2. The molecule has 0 aliphatic heterocycles. The summed E-state index contributed by atoms with van der Waals surface area (Å²) in [6, 6.07) is -0.831. The number of esters is 1. The molecule has 0 fully saturated rings. The predicted octanol–water partition coefficient (Wildman–Crippen LogP) is -1.55. The topological polar surface area (TPSA) is 84.5 Å². The van der Waals surface area contributed by atoms with Crippen LogP contribution in [-0.4, -0.2) is 44.9 Å². The van der Waals surface area contributed by atoms with E-state index in [1.807, 2.05) is 0 Å². The molecule has 14 heavy (non-hydrogen) atoms. The highest BCUT2D eigenvalue weighted by molar-refractivity contribution is 6.38. The van der Waals surface area contributed by atoms with E-state index in [1.54, 1.807) is 0 Å². The molecule has 0 radical (unpaired) electrons. The number of carbonyl (C=O) groups excluding carboxylic acids is 3. The normalized spacial score (nSPS) is 11.6. The standard InChI is InChI=1S/C8H14N2O4/c1-9-5(4-6(11)14-3)7(12)8(13)10-2/h5,9H,4H2,1-3H3,(H,10,13). The Labute approximate surface area is 82.0 Å². The van der Waals surface area contributed by atoms with Crippen molar-refractivity contribution < 1.29 is 19.1 Å². The molecule has 80 valence electrons. The summed E-state index contributed by atoms with van der Waals surface area (Å²) in [5, 5.41) is 4.76. The Morgan fingerprint density at radius 2 is 1.86 bits per heavy atom. The van der Waals surface area contributed by atoms with Gasteiger partial charge in [0.2, 0.25) is 5.78 Å². The molecule has 0 aromatic heterocycles. The van der Waals surface area contributed by atoms with Crippen molar-refractivity contribution in [3.05, 3.63) is 0 Å². The van der Waals surface area contributed by atoms with Gasteiger partial charge in [0.05, 0.1) is 19.6 Å². The second-order valence-electron chi connectivity index (χ2n) is 2.56. The van der Waals surface area contributed by atoms with E-state index in [4.69, 9.17) is 0 Å². The fourth-order valence-corrected chi connectivity index (χ4v) is 0.857. The van der Waals surface area contributed by atoms with Crippen molar-refractivity contribution in [1.82, 2.24) is 10.6 Å². The maximum absolute atomic E-state index is 11.3. The third-order valence-electron chi connectivity index (χ3n) is 1.71. The molecule has 0 aliphatic carbocycles. The van der Waals surface area contributed by atoms with Gasteiger partial charge in [0.15, 0.2) is 0 Å². The molecule has 0 saturated carbocycles.